The summed E-state index contributed by atoms with van der Waals surface area (Å²) in [6.45, 7) is 21.2. The van der Waals surface area contributed by atoms with E-state index < -0.39 is 102 Å². The van der Waals surface area contributed by atoms with Gasteiger partial charge in [0.1, 0.15) is 23.5 Å². The molecular weight excluding hydrogens is 921 g/mol. The number of rotatable bonds is 12. The van der Waals surface area contributed by atoms with E-state index >= 15 is 0 Å². The largest absolute Gasteiger partial charge is 0.509 e. The van der Waals surface area contributed by atoms with E-state index in [9.17, 15) is 24.6 Å². The summed E-state index contributed by atoms with van der Waals surface area (Å²) in [4.78, 5) is 45.1. The molecule has 5 heterocycles. The normalized spacial score (nSPS) is 39.9. The molecule has 4 aliphatic rings. The summed E-state index contributed by atoms with van der Waals surface area (Å²) < 4.78 is 58.5. The van der Waals surface area contributed by atoms with E-state index in [1.807, 2.05) is 96.8 Å². The van der Waals surface area contributed by atoms with Gasteiger partial charge < -0.3 is 63.1 Å². The van der Waals surface area contributed by atoms with Crippen molar-refractivity contribution >= 4 is 18.2 Å². The first-order valence-corrected chi connectivity index (χ1v) is 25.2. The van der Waals surface area contributed by atoms with E-state index in [4.69, 9.17) is 42.6 Å². The third-order valence-electron chi connectivity index (χ3n) is 15.3. The fourth-order valence-corrected chi connectivity index (χ4v) is 11.3. The SMILES string of the molecule is CC[C@@H]1OC(=O)[C@H](C)[C@H](O[C@H]2C[C@@](C)(OC)[C@@H](OC(=O)NCc3cn(Cc4ccc(C)cc4)nn3)[C@H](C)O2)[C@H](C)[C@@H](O[C@@H]2O[C@H](C)C[C@H](N(C)C)[C@H]2O)[C@](C)(O)C[C@@H](C)CN(C)[C@H](C)[C@@H]2OC(=O)O[C@]12C. The van der Waals surface area contributed by atoms with Crippen molar-refractivity contribution in [2.45, 2.75) is 205 Å². The van der Waals surface area contributed by atoms with Gasteiger partial charge >= 0.3 is 18.2 Å². The van der Waals surface area contributed by atoms with E-state index in [0.29, 0.717) is 25.2 Å². The fraction of sp³-hybridized carbons (Fsp3) is 0.784. The van der Waals surface area contributed by atoms with Crippen molar-refractivity contribution in [3.8, 4) is 0 Å². The number of aromatic nitrogens is 3. The molecule has 2 aromatic rings. The zero-order valence-corrected chi connectivity index (χ0v) is 44.5. The maximum atomic E-state index is 14.8. The zero-order chi connectivity index (χ0) is 52.3. The lowest BCUT2D eigenvalue weighted by molar-refractivity contribution is -0.317. The summed E-state index contributed by atoms with van der Waals surface area (Å²) in [5.41, 5.74) is -1.37. The number of aliphatic hydroxyl groups excluding tert-OH is 1. The number of methoxy groups -OCH3 is 1. The van der Waals surface area contributed by atoms with Gasteiger partial charge in [-0.15, -0.1) is 5.10 Å². The van der Waals surface area contributed by atoms with Gasteiger partial charge in [0, 0.05) is 38.1 Å². The van der Waals surface area contributed by atoms with E-state index in [1.54, 1.807) is 45.5 Å². The molecule has 400 valence electrons. The Kier molecular flexibility index (Phi) is 18.3. The van der Waals surface area contributed by atoms with E-state index in [-0.39, 0.29) is 49.9 Å². The molecule has 18 atom stereocenters. The molecule has 0 radical (unpaired) electrons. The Labute approximate surface area is 419 Å². The van der Waals surface area contributed by atoms with Crippen LogP contribution in [-0.2, 0) is 60.5 Å². The van der Waals surface area contributed by atoms with Gasteiger partial charge in [0.25, 0.3) is 0 Å². The lowest BCUT2D eigenvalue weighted by atomic mass is 9.77. The predicted molar refractivity (Wildman–Crippen MR) is 259 cm³/mol. The smallest absolute Gasteiger partial charge is 0.458 e. The molecule has 0 spiro atoms. The number of likely N-dealkylation sites (N-methyl/N-ethyl adjacent to an activating group) is 2. The zero-order valence-electron chi connectivity index (χ0n) is 44.5. The number of cyclic esters (lactones) is 1. The highest BCUT2D eigenvalue weighted by Crippen LogP contribution is 2.42. The summed E-state index contributed by atoms with van der Waals surface area (Å²) in [6.07, 6.45) is -7.92. The van der Waals surface area contributed by atoms with Crippen LogP contribution in [0.25, 0.3) is 0 Å². The van der Waals surface area contributed by atoms with Crippen LogP contribution < -0.4 is 5.32 Å². The summed E-state index contributed by atoms with van der Waals surface area (Å²) in [5, 5.41) is 35.8. The number of fused-ring (bicyclic) bond motifs is 1. The van der Waals surface area contributed by atoms with Crippen molar-refractivity contribution in [1.82, 2.24) is 30.1 Å². The Balaban J connectivity index is 1.28. The molecular formula is C51H82N6O14. The molecule has 1 aromatic heterocycles. The topological polar surface area (TPSA) is 224 Å². The van der Waals surface area contributed by atoms with Crippen LogP contribution in [0, 0.1) is 24.7 Å². The number of amides is 1. The van der Waals surface area contributed by atoms with E-state index in [1.165, 1.54) is 7.11 Å². The maximum Gasteiger partial charge on any atom is 0.509 e. The third-order valence-corrected chi connectivity index (χ3v) is 15.3. The lowest BCUT2D eigenvalue weighted by Gasteiger charge is -2.49. The first-order valence-electron chi connectivity index (χ1n) is 25.2. The molecule has 0 unspecified atom stereocenters. The van der Waals surface area contributed by atoms with Crippen molar-refractivity contribution < 1.29 is 67.2 Å². The summed E-state index contributed by atoms with van der Waals surface area (Å²) in [5.74, 6) is -2.70. The van der Waals surface area contributed by atoms with E-state index in [0.717, 1.165) is 11.1 Å². The molecule has 3 N–H and O–H groups in total. The molecule has 20 nitrogen and oxygen atoms in total. The number of nitrogens with zero attached hydrogens (tertiary/aromatic N) is 5. The molecule has 4 fully saturated rings. The minimum absolute atomic E-state index is 0.0460. The van der Waals surface area contributed by atoms with Crippen molar-refractivity contribution in [2.24, 2.45) is 17.8 Å². The van der Waals surface area contributed by atoms with Crippen molar-refractivity contribution in [2.75, 3.05) is 34.8 Å². The number of carbonyl (C=O) groups excluding carboxylic acids is 3. The molecule has 0 aliphatic carbocycles. The number of hydrogen-bond donors (Lipinski definition) is 3. The Morgan fingerprint density at radius 2 is 1.68 bits per heavy atom. The van der Waals surface area contributed by atoms with Gasteiger partial charge in [-0.1, -0.05) is 55.8 Å². The number of ether oxygens (including phenoxy) is 9. The van der Waals surface area contributed by atoms with Crippen LogP contribution in [0.5, 0.6) is 0 Å². The van der Waals surface area contributed by atoms with Gasteiger partial charge in [0.15, 0.2) is 30.4 Å². The average molecular weight is 1000 g/mol. The highest BCUT2D eigenvalue weighted by atomic mass is 16.8. The molecule has 4 aliphatic heterocycles. The number of benzene rings is 1. The van der Waals surface area contributed by atoms with Gasteiger partial charge in [0.05, 0.1) is 55.2 Å². The van der Waals surface area contributed by atoms with Crippen molar-refractivity contribution in [3.63, 3.8) is 0 Å². The third kappa shape index (κ3) is 13.0. The Morgan fingerprint density at radius 3 is 2.32 bits per heavy atom. The second-order valence-corrected chi connectivity index (χ2v) is 21.7. The number of hydrogen-bond acceptors (Lipinski definition) is 18. The number of nitrogens with one attached hydrogen (secondary N) is 1. The highest BCUT2D eigenvalue weighted by Gasteiger charge is 2.58. The van der Waals surface area contributed by atoms with Crippen LogP contribution in [0.15, 0.2) is 30.5 Å². The molecule has 20 heteroatoms. The lowest BCUT2D eigenvalue weighted by Crippen LogP contribution is -2.61. The summed E-state index contributed by atoms with van der Waals surface area (Å²) in [7, 11) is 7.19. The van der Waals surface area contributed by atoms with Crippen LogP contribution in [0.2, 0.25) is 0 Å². The van der Waals surface area contributed by atoms with Crippen molar-refractivity contribution in [1.29, 1.82) is 0 Å². The number of esters is 1. The number of alkyl carbamates (subject to hydrolysis) is 1. The second-order valence-electron chi connectivity index (χ2n) is 21.7. The Hall–Kier alpha value is -3.99. The number of carbonyl (C=O) groups is 3. The Bertz CT molecular complexity index is 2090. The van der Waals surface area contributed by atoms with Crippen LogP contribution in [0.1, 0.15) is 112 Å². The molecule has 4 saturated heterocycles. The van der Waals surface area contributed by atoms with Crippen LogP contribution >= 0.6 is 0 Å². The van der Waals surface area contributed by atoms with Crippen LogP contribution in [0.4, 0.5) is 9.59 Å². The predicted octanol–water partition coefficient (Wildman–Crippen LogP) is 4.97. The van der Waals surface area contributed by atoms with Crippen molar-refractivity contribution in [3.05, 3.63) is 47.3 Å². The molecule has 0 bridgehead atoms. The summed E-state index contributed by atoms with van der Waals surface area (Å²) >= 11 is 0. The van der Waals surface area contributed by atoms with Gasteiger partial charge in [0.2, 0.25) is 0 Å². The first-order chi connectivity index (χ1) is 33.3. The van der Waals surface area contributed by atoms with Gasteiger partial charge in [-0.2, -0.15) is 0 Å². The first kappa shape index (κ1) is 56.3. The van der Waals surface area contributed by atoms with Gasteiger partial charge in [-0.25, -0.2) is 14.3 Å². The van der Waals surface area contributed by atoms with Gasteiger partial charge in [-0.3, -0.25) is 9.69 Å². The maximum absolute atomic E-state index is 14.8. The molecule has 6 rings (SSSR count). The Morgan fingerprint density at radius 1 is 0.986 bits per heavy atom. The highest BCUT2D eigenvalue weighted by molar-refractivity contribution is 5.73. The molecule has 1 aromatic carbocycles. The van der Waals surface area contributed by atoms with Gasteiger partial charge in [-0.05, 0) is 107 Å². The standard InChI is InChI=1S/C51H82N6O14/c1-16-38-51(11)43(70-48(61)71-51)33(7)56(14)25-29(3)22-49(9,62)42(68-46-40(58)37(55(12)13)21-30(4)64-46)31(5)41(32(6)45(59)66-38)67-39-23-50(10,63-15)44(34(8)65-39)69-47(60)52-24-36-27-57(54-53-36)26-35-19-17-28(2)18-20-35/h17-20,27,29-34,37-44,46,58,62H,16,21-26H2,1-15H3,(H,52,60)/t29-,30-,31+,32-,33-,34+,37+,38+,39+,40-,41-,42-,43+,44+,46+,49-,50-,51-/m1/s1. The second kappa shape index (κ2) is 23.1. The molecule has 0 saturated carbocycles. The summed E-state index contributed by atoms with van der Waals surface area (Å²) in [6, 6.07) is 7.43. The fourth-order valence-electron chi connectivity index (χ4n) is 11.3. The van der Waals surface area contributed by atoms with Crippen LogP contribution in [-0.4, -0.2) is 178 Å². The quantitative estimate of drug-likeness (QED) is 0.189. The number of aliphatic hydroxyl groups is 2. The van der Waals surface area contributed by atoms with E-state index in [2.05, 4.69) is 15.6 Å². The minimum Gasteiger partial charge on any atom is -0.458 e. The number of aryl methyl sites for hydroxylation is 1. The molecule has 1 amide bonds. The molecule has 71 heavy (non-hydrogen) atoms. The minimum atomic E-state index is -1.61. The van der Waals surface area contributed by atoms with Crippen LogP contribution in [0.3, 0.4) is 0 Å². The monoisotopic (exact) mass is 1000 g/mol. The average Bonchev–Trinajstić information content (AvgIpc) is 3.89.